The Morgan fingerprint density at radius 3 is 2.22 bits per heavy atom. The lowest BCUT2D eigenvalue weighted by molar-refractivity contribution is 0.486. The van der Waals surface area contributed by atoms with Crippen LogP contribution in [0.5, 0.6) is 0 Å². The number of nitrogens with one attached hydrogen (secondary N) is 2. The Morgan fingerprint density at radius 1 is 1.22 bits per heavy atom. The second kappa shape index (κ2) is 5.92. The number of hydrogen-bond donors (Lipinski definition) is 2. The van der Waals surface area contributed by atoms with E-state index in [2.05, 4.69) is 10.0 Å². The number of benzene rings is 1. The van der Waals surface area contributed by atoms with E-state index < -0.39 is 26.9 Å². The molecule has 18 heavy (non-hydrogen) atoms. The lowest BCUT2D eigenvalue weighted by atomic mass is 10.2. The van der Waals surface area contributed by atoms with E-state index in [1.54, 1.807) is 0 Å². The Labute approximate surface area is 110 Å². The van der Waals surface area contributed by atoms with Crippen molar-refractivity contribution < 1.29 is 17.2 Å². The molecule has 1 aromatic carbocycles. The summed E-state index contributed by atoms with van der Waals surface area (Å²) < 4.78 is 51.3. The summed E-state index contributed by atoms with van der Waals surface area (Å²) in [6.07, 6.45) is 0. The zero-order chi connectivity index (χ0) is 12.5. The molecule has 1 aliphatic rings. The molecule has 0 spiro atoms. The second-order valence-corrected chi connectivity index (χ2v) is 5.97. The molecule has 1 heterocycles. The van der Waals surface area contributed by atoms with Crippen LogP contribution in [-0.2, 0) is 16.6 Å². The molecule has 1 aromatic rings. The van der Waals surface area contributed by atoms with Gasteiger partial charge in [0, 0.05) is 25.7 Å². The molecule has 0 bridgehead atoms. The van der Waals surface area contributed by atoms with E-state index in [0.29, 0.717) is 13.1 Å². The van der Waals surface area contributed by atoms with Crippen molar-refractivity contribution in [3.63, 3.8) is 0 Å². The highest BCUT2D eigenvalue weighted by atomic mass is 35.5. The molecule has 0 atom stereocenters. The van der Waals surface area contributed by atoms with Crippen molar-refractivity contribution >= 4 is 22.4 Å². The monoisotopic (exact) mass is 298 g/mol. The molecule has 0 aromatic heterocycles. The first-order valence-corrected chi connectivity index (χ1v) is 6.66. The van der Waals surface area contributed by atoms with Crippen LogP contribution in [0.25, 0.3) is 0 Å². The van der Waals surface area contributed by atoms with E-state index in [-0.39, 0.29) is 24.5 Å². The van der Waals surface area contributed by atoms with Crippen molar-refractivity contribution in [2.45, 2.75) is 11.8 Å². The average Bonchev–Trinajstić information content (AvgIpc) is 2.09. The fraction of sp³-hybridized carbons (Fsp3) is 0.400. The van der Waals surface area contributed by atoms with E-state index in [1.807, 2.05) is 0 Å². The van der Waals surface area contributed by atoms with Crippen molar-refractivity contribution in [1.82, 2.24) is 10.0 Å². The van der Waals surface area contributed by atoms with Crippen molar-refractivity contribution in [2.75, 3.05) is 13.1 Å². The third-order valence-corrected chi connectivity index (χ3v) is 4.34. The number of rotatable bonds is 4. The Kier molecular flexibility index (Phi) is 5.03. The standard InChI is InChI=1S/C10H12F2N2O2S.ClH/c11-8-1-7(2-9(12)3-8)4-14-17(15,16)10-5-13-6-10;/h1-3,10,13-14H,4-6H2;1H. The lowest BCUT2D eigenvalue weighted by Gasteiger charge is -2.26. The number of hydrogen-bond acceptors (Lipinski definition) is 3. The minimum absolute atomic E-state index is 0. The summed E-state index contributed by atoms with van der Waals surface area (Å²) in [5.74, 6) is -1.44. The lowest BCUT2D eigenvalue weighted by Crippen LogP contribution is -2.54. The summed E-state index contributed by atoms with van der Waals surface area (Å²) in [6, 6.07) is 2.95. The normalized spacial score (nSPS) is 15.9. The molecule has 0 radical (unpaired) electrons. The molecule has 0 amide bonds. The molecule has 1 fully saturated rings. The van der Waals surface area contributed by atoms with Crippen LogP contribution >= 0.6 is 12.4 Å². The van der Waals surface area contributed by atoms with Gasteiger partial charge in [-0.25, -0.2) is 21.9 Å². The molecule has 1 aliphatic heterocycles. The predicted octanol–water partition coefficient (Wildman–Crippen LogP) is 0.778. The smallest absolute Gasteiger partial charge is 0.217 e. The molecule has 4 nitrogen and oxygen atoms in total. The largest absolute Gasteiger partial charge is 0.314 e. The van der Waals surface area contributed by atoms with Gasteiger partial charge in [0.05, 0.1) is 0 Å². The highest BCUT2D eigenvalue weighted by molar-refractivity contribution is 7.90. The second-order valence-electron chi connectivity index (χ2n) is 3.92. The molecule has 8 heteroatoms. The summed E-state index contributed by atoms with van der Waals surface area (Å²) in [6.45, 7) is 0.715. The zero-order valence-electron chi connectivity index (χ0n) is 9.32. The minimum atomic E-state index is -3.40. The van der Waals surface area contributed by atoms with Crippen molar-refractivity contribution in [2.24, 2.45) is 0 Å². The van der Waals surface area contributed by atoms with Gasteiger partial charge in [-0.2, -0.15) is 0 Å². The van der Waals surface area contributed by atoms with Gasteiger partial charge in [0.2, 0.25) is 10.0 Å². The van der Waals surface area contributed by atoms with Crippen LogP contribution in [0, 0.1) is 11.6 Å². The number of halogens is 3. The molecule has 0 aliphatic carbocycles. The Morgan fingerprint density at radius 2 is 1.78 bits per heavy atom. The third kappa shape index (κ3) is 3.61. The van der Waals surface area contributed by atoms with Crippen LogP contribution in [0.1, 0.15) is 5.56 Å². The maximum Gasteiger partial charge on any atom is 0.217 e. The van der Waals surface area contributed by atoms with E-state index in [0.717, 1.165) is 18.2 Å². The molecule has 102 valence electrons. The van der Waals surface area contributed by atoms with Crippen molar-refractivity contribution in [1.29, 1.82) is 0 Å². The third-order valence-electron chi connectivity index (χ3n) is 2.58. The molecule has 0 saturated carbocycles. The molecule has 1 saturated heterocycles. The fourth-order valence-electron chi connectivity index (χ4n) is 1.50. The predicted molar refractivity (Wildman–Crippen MR) is 66.0 cm³/mol. The zero-order valence-corrected chi connectivity index (χ0v) is 11.0. The average molecular weight is 299 g/mol. The molecular formula is C10H13ClF2N2O2S. The first-order valence-electron chi connectivity index (χ1n) is 5.11. The number of sulfonamides is 1. The minimum Gasteiger partial charge on any atom is -0.314 e. The van der Waals surface area contributed by atoms with Gasteiger partial charge in [-0.3, -0.25) is 0 Å². The van der Waals surface area contributed by atoms with Gasteiger partial charge in [-0.05, 0) is 17.7 Å². The van der Waals surface area contributed by atoms with Gasteiger partial charge in [-0.1, -0.05) is 0 Å². The van der Waals surface area contributed by atoms with Crippen molar-refractivity contribution in [3.05, 3.63) is 35.4 Å². The van der Waals surface area contributed by atoms with E-state index in [9.17, 15) is 17.2 Å². The highest BCUT2D eigenvalue weighted by Gasteiger charge is 2.30. The Bertz CT molecular complexity index is 500. The maximum absolute atomic E-state index is 12.9. The Hall–Kier alpha value is -0.760. The van der Waals surface area contributed by atoms with Crippen LogP contribution in [0.3, 0.4) is 0 Å². The fourth-order valence-corrected chi connectivity index (χ4v) is 2.77. The summed E-state index contributed by atoms with van der Waals surface area (Å²) in [7, 11) is -3.40. The topological polar surface area (TPSA) is 58.2 Å². The van der Waals surface area contributed by atoms with Crippen LogP contribution in [-0.4, -0.2) is 26.8 Å². The van der Waals surface area contributed by atoms with Crippen molar-refractivity contribution in [3.8, 4) is 0 Å². The SMILES string of the molecule is Cl.O=S(=O)(NCc1cc(F)cc(F)c1)C1CNC1. The van der Waals surface area contributed by atoms with Gasteiger partial charge >= 0.3 is 0 Å². The molecule has 2 rings (SSSR count). The molecule has 2 N–H and O–H groups in total. The van der Waals surface area contributed by atoms with Gasteiger partial charge in [0.1, 0.15) is 16.9 Å². The molecule has 0 unspecified atom stereocenters. The van der Waals surface area contributed by atoms with Crippen LogP contribution in [0.4, 0.5) is 8.78 Å². The van der Waals surface area contributed by atoms with E-state index in [4.69, 9.17) is 0 Å². The summed E-state index contributed by atoms with van der Waals surface area (Å²) in [5.41, 5.74) is 0.262. The van der Waals surface area contributed by atoms with Crippen LogP contribution in [0.2, 0.25) is 0 Å². The highest BCUT2D eigenvalue weighted by Crippen LogP contribution is 2.10. The van der Waals surface area contributed by atoms with E-state index >= 15 is 0 Å². The summed E-state index contributed by atoms with van der Waals surface area (Å²) >= 11 is 0. The van der Waals surface area contributed by atoms with Crippen LogP contribution in [0.15, 0.2) is 18.2 Å². The van der Waals surface area contributed by atoms with Crippen LogP contribution < -0.4 is 10.0 Å². The first-order chi connectivity index (χ1) is 7.97. The maximum atomic E-state index is 12.9. The summed E-state index contributed by atoms with van der Waals surface area (Å²) in [5, 5.41) is 2.39. The van der Waals surface area contributed by atoms with Gasteiger partial charge < -0.3 is 5.32 Å². The first kappa shape index (κ1) is 15.3. The Balaban J connectivity index is 0.00000162. The van der Waals surface area contributed by atoms with Gasteiger partial charge in [-0.15, -0.1) is 12.4 Å². The molecular weight excluding hydrogens is 286 g/mol. The summed E-state index contributed by atoms with van der Waals surface area (Å²) in [4.78, 5) is 0. The van der Waals surface area contributed by atoms with E-state index in [1.165, 1.54) is 0 Å². The quantitative estimate of drug-likeness (QED) is 0.863. The van der Waals surface area contributed by atoms with Gasteiger partial charge in [0.15, 0.2) is 0 Å². The van der Waals surface area contributed by atoms with Gasteiger partial charge in [0.25, 0.3) is 0 Å².